The lowest BCUT2D eigenvalue weighted by Crippen LogP contribution is -2.47. The van der Waals surface area contributed by atoms with Gasteiger partial charge in [-0.3, -0.25) is 9.59 Å². The van der Waals surface area contributed by atoms with Gasteiger partial charge in [0.05, 0.1) is 6.61 Å². The van der Waals surface area contributed by atoms with Crippen molar-refractivity contribution in [2.75, 3.05) is 11.9 Å². The van der Waals surface area contributed by atoms with Crippen molar-refractivity contribution in [3.63, 3.8) is 0 Å². The molecule has 1 atom stereocenters. The average Bonchev–Trinajstić information content (AvgIpc) is 2.97. The monoisotopic (exact) mass is 361 g/mol. The van der Waals surface area contributed by atoms with Gasteiger partial charge in [0.2, 0.25) is 5.91 Å². The average molecular weight is 361 g/mol. The van der Waals surface area contributed by atoms with Crippen LogP contribution in [-0.4, -0.2) is 29.4 Å². The number of amides is 2. The molecule has 134 valence electrons. The summed E-state index contributed by atoms with van der Waals surface area (Å²) >= 11 is 1.40. The van der Waals surface area contributed by atoms with E-state index in [4.69, 9.17) is 4.74 Å². The Labute approximate surface area is 151 Å². The summed E-state index contributed by atoms with van der Waals surface area (Å²) in [6.45, 7) is 8.15. The molecule has 2 aromatic rings. The highest BCUT2D eigenvalue weighted by Crippen LogP contribution is 2.18. The minimum Gasteiger partial charge on any atom is -0.494 e. The fourth-order valence-corrected chi connectivity index (χ4v) is 2.89. The Morgan fingerprint density at radius 2 is 1.92 bits per heavy atom. The zero-order valence-electron chi connectivity index (χ0n) is 14.8. The summed E-state index contributed by atoms with van der Waals surface area (Å²) in [4.78, 5) is 30.1. The molecule has 0 saturated heterocycles. The molecule has 0 bridgehead atoms. The Morgan fingerprint density at radius 1 is 1.24 bits per heavy atom. The maximum atomic E-state index is 12.5. The largest absolute Gasteiger partial charge is 0.494 e. The van der Waals surface area contributed by atoms with Crippen LogP contribution in [0.25, 0.3) is 0 Å². The Kier molecular flexibility index (Phi) is 6.52. The van der Waals surface area contributed by atoms with E-state index in [0.29, 0.717) is 23.1 Å². The van der Waals surface area contributed by atoms with E-state index < -0.39 is 6.04 Å². The number of anilines is 1. The second-order valence-corrected chi connectivity index (χ2v) is 7.15. The van der Waals surface area contributed by atoms with Crippen molar-refractivity contribution in [3.05, 3.63) is 40.9 Å². The van der Waals surface area contributed by atoms with Gasteiger partial charge in [-0.05, 0) is 44.0 Å². The van der Waals surface area contributed by atoms with E-state index >= 15 is 0 Å². The number of hydrogen-bond acceptors (Lipinski definition) is 5. The number of aromatic nitrogens is 1. The first-order valence-electron chi connectivity index (χ1n) is 8.17. The number of aryl methyl sites for hydroxylation is 1. The molecule has 0 aliphatic rings. The van der Waals surface area contributed by atoms with E-state index in [1.807, 2.05) is 27.7 Å². The van der Waals surface area contributed by atoms with Crippen molar-refractivity contribution in [2.45, 2.75) is 33.7 Å². The van der Waals surface area contributed by atoms with E-state index in [1.165, 1.54) is 11.3 Å². The first-order chi connectivity index (χ1) is 11.9. The first-order valence-corrected chi connectivity index (χ1v) is 8.99. The van der Waals surface area contributed by atoms with Crippen LogP contribution in [0.4, 0.5) is 5.13 Å². The molecule has 25 heavy (non-hydrogen) atoms. The molecule has 1 heterocycles. The number of benzene rings is 1. The van der Waals surface area contributed by atoms with Crippen molar-refractivity contribution < 1.29 is 14.3 Å². The maximum Gasteiger partial charge on any atom is 0.251 e. The van der Waals surface area contributed by atoms with Gasteiger partial charge in [0, 0.05) is 16.6 Å². The number of nitrogens with zero attached hydrogens (tertiary/aromatic N) is 1. The molecular formula is C18H23N3O3S. The molecule has 0 spiro atoms. The number of rotatable bonds is 7. The van der Waals surface area contributed by atoms with Gasteiger partial charge in [0.1, 0.15) is 11.8 Å². The Hall–Kier alpha value is -2.41. The third kappa shape index (κ3) is 5.29. The minimum atomic E-state index is -0.650. The standard InChI is InChI=1S/C18H23N3O3S/c1-5-24-14-8-6-13(7-9-14)16(22)20-15(11(2)3)17(23)21-18-19-10-12(4)25-18/h6-11,15H,5H2,1-4H3,(H,20,22)(H,19,21,23)/t15-/m0/s1. The fourth-order valence-electron chi connectivity index (χ4n) is 2.22. The van der Waals surface area contributed by atoms with E-state index in [0.717, 1.165) is 4.88 Å². The van der Waals surface area contributed by atoms with Crippen molar-refractivity contribution in [1.29, 1.82) is 0 Å². The summed E-state index contributed by atoms with van der Waals surface area (Å²) in [5.41, 5.74) is 0.479. The third-order valence-electron chi connectivity index (χ3n) is 3.51. The predicted octanol–water partition coefficient (Wildman–Crippen LogP) is 3.24. The molecule has 0 radical (unpaired) electrons. The summed E-state index contributed by atoms with van der Waals surface area (Å²) in [6.07, 6.45) is 1.70. The van der Waals surface area contributed by atoms with Crippen molar-refractivity contribution >= 4 is 28.3 Å². The zero-order chi connectivity index (χ0) is 18.4. The van der Waals surface area contributed by atoms with E-state index in [-0.39, 0.29) is 17.7 Å². The molecule has 7 heteroatoms. The number of thiazole rings is 1. The van der Waals surface area contributed by atoms with Crippen molar-refractivity contribution in [1.82, 2.24) is 10.3 Å². The predicted molar refractivity (Wildman–Crippen MR) is 99.2 cm³/mol. The summed E-state index contributed by atoms with van der Waals surface area (Å²) in [6, 6.07) is 6.19. The molecule has 0 aliphatic carbocycles. The van der Waals surface area contributed by atoms with Gasteiger partial charge in [0.25, 0.3) is 5.91 Å². The minimum absolute atomic E-state index is 0.0623. The molecule has 0 saturated carbocycles. The van der Waals surface area contributed by atoms with Crippen LogP contribution in [0.5, 0.6) is 5.75 Å². The molecule has 2 amide bonds. The molecule has 2 rings (SSSR count). The highest BCUT2D eigenvalue weighted by molar-refractivity contribution is 7.15. The lowest BCUT2D eigenvalue weighted by Gasteiger charge is -2.21. The van der Waals surface area contributed by atoms with Gasteiger partial charge in [-0.1, -0.05) is 13.8 Å². The summed E-state index contributed by atoms with van der Waals surface area (Å²) in [7, 11) is 0. The van der Waals surface area contributed by atoms with Crippen LogP contribution in [0, 0.1) is 12.8 Å². The highest BCUT2D eigenvalue weighted by Gasteiger charge is 2.25. The quantitative estimate of drug-likeness (QED) is 0.793. The number of nitrogens with one attached hydrogen (secondary N) is 2. The number of carbonyl (C=O) groups is 2. The fraction of sp³-hybridized carbons (Fsp3) is 0.389. The Balaban J connectivity index is 2.04. The van der Waals surface area contributed by atoms with Gasteiger partial charge in [-0.2, -0.15) is 0 Å². The molecule has 6 nitrogen and oxygen atoms in total. The van der Waals surface area contributed by atoms with Crippen LogP contribution in [0.2, 0.25) is 0 Å². The summed E-state index contributed by atoms with van der Waals surface area (Å²) in [5.74, 6) is 0.0694. The van der Waals surface area contributed by atoms with E-state index in [1.54, 1.807) is 30.5 Å². The molecule has 1 aromatic carbocycles. The topological polar surface area (TPSA) is 80.3 Å². The van der Waals surface area contributed by atoms with Crippen LogP contribution in [0.15, 0.2) is 30.5 Å². The maximum absolute atomic E-state index is 12.5. The van der Waals surface area contributed by atoms with Gasteiger partial charge in [-0.15, -0.1) is 11.3 Å². The Morgan fingerprint density at radius 3 is 2.44 bits per heavy atom. The Bertz CT molecular complexity index is 725. The normalized spacial score (nSPS) is 11.9. The molecule has 1 aromatic heterocycles. The third-order valence-corrected chi connectivity index (χ3v) is 4.34. The van der Waals surface area contributed by atoms with Crippen LogP contribution < -0.4 is 15.4 Å². The molecule has 2 N–H and O–H groups in total. The van der Waals surface area contributed by atoms with Crippen molar-refractivity contribution in [2.24, 2.45) is 5.92 Å². The smallest absolute Gasteiger partial charge is 0.251 e. The number of ether oxygens (including phenoxy) is 1. The lowest BCUT2D eigenvalue weighted by atomic mass is 10.0. The molecule has 0 aliphatic heterocycles. The SMILES string of the molecule is CCOc1ccc(C(=O)N[C@H](C(=O)Nc2ncc(C)s2)C(C)C)cc1. The second-order valence-electron chi connectivity index (χ2n) is 5.92. The van der Waals surface area contributed by atoms with Gasteiger partial charge in [-0.25, -0.2) is 4.98 Å². The zero-order valence-corrected chi connectivity index (χ0v) is 15.6. The van der Waals surface area contributed by atoms with Crippen LogP contribution in [-0.2, 0) is 4.79 Å². The molecule has 0 unspecified atom stereocenters. The molecular weight excluding hydrogens is 338 g/mol. The van der Waals surface area contributed by atoms with Crippen LogP contribution in [0.3, 0.4) is 0 Å². The van der Waals surface area contributed by atoms with Crippen molar-refractivity contribution in [3.8, 4) is 5.75 Å². The number of hydrogen-bond donors (Lipinski definition) is 2. The van der Waals surface area contributed by atoms with E-state index in [2.05, 4.69) is 15.6 Å². The first kappa shape index (κ1) is 18.9. The van der Waals surface area contributed by atoms with Gasteiger partial charge < -0.3 is 15.4 Å². The van der Waals surface area contributed by atoms with Crippen LogP contribution >= 0.6 is 11.3 Å². The number of carbonyl (C=O) groups excluding carboxylic acids is 2. The molecule has 0 fully saturated rings. The lowest BCUT2D eigenvalue weighted by molar-refractivity contribution is -0.118. The second kappa shape index (κ2) is 8.62. The van der Waals surface area contributed by atoms with Crippen LogP contribution in [0.1, 0.15) is 36.0 Å². The summed E-state index contributed by atoms with van der Waals surface area (Å²) in [5, 5.41) is 6.09. The van der Waals surface area contributed by atoms with Gasteiger partial charge in [0.15, 0.2) is 5.13 Å². The highest BCUT2D eigenvalue weighted by atomic mass is 32.1. The van der Waals surface area contributed by atoms with Gasteiger partial charge >= 0.3 is 0 Å². The van der Waals surface area contributed by atoms with E-state index in [9.17, 15) is 9.59 Å². The summed E-state index contributed by atoms with van der Waals surface area (Å²) < 4.78 is 5.36.